The molecule has 0 fully saturated rings. The minimum atomic E-state index is 0.425. The van der Waals surface area contributed by atoms with Gasteiger partial charge in [0.15, 0.2) is 0 Å². The van der Waals surface area contributed by atoms with Crippen LogP contribution in [0.5, 0.6) is 0 Å². The molecule has 1 rings (SSSR count). The number of anilines is 1. The van der Waals surface area contributed by atoms with Crippen molar-refractivity contribution in [2.24, 2.45) is 0 Å². The van der Waals surface area contributed by atoms with E-state index in [-0.39, 0.29) is 0 Å². The van der Waals surface area contributed by atoms with Gasteiger partial charge in [-0.25, -0.2) is 0 Å². The number of hydrogen-bond donors (Lipinski definition) is 1. The first-order valence-electron chi connectivity index (χ1n) is 7.31. The van der Waals surface area contributed by atoms with Crippen LogP contribution in [0.2, 0.25) is 0 Å². The second kappa shape index (κ2) is 7.14. The molecule has 0 amide bonds. The summed E-state index contributed by atoms with van der Waals surface area (Å²) in [6, 6.07) is 4.43. The number of rotatable bonds is 5. The van der Waals surface area contributed by atoms with E-state index in [9.17, 15) is 0 Å². The van der Waals surface area contributed by atoms with Crippen LogP contribution < -0.4 is 5.73 Å². The van der Waals surface area contributed by atoms with Gasteiger partial charge in [-0.05, 0) is 53.2 Å². The summed E-state index contributed by atoms with van der Waals surface area (Å²) in [7, 11) is 0. The molecule has 0 radical (unpaired) electrons. The largest absolute Gasteiger partial charge is 0.398 e. The molecule has 1 aromatic carbocycles. The predicted molar refractivity (Wildman–Crippen MR) is 92.0 cm³/mol. The van der Waals surface area contributed by atoms with E-state index in [1.165, 1.54) is 22.3 Å². The van der Waals surface area contributed by atoms with Gasteiger partial charge in [-0.3, -0.25) is 0 Å². The van der Waals surface area contributed by atoms with Crippen LogP contribution in [-0.2, 0) is 0 Å². The van der Waals surface area contributed by atoms with Crippen LogP contribution in [0.1, 0.15) is 63.1 Å². The second-order valence-electron chi connectivity index (χ2n) is 5.72. The Morgan fingerprint density at radius 3 is 1.95 bits per heavy atom. The predicted octanol–water partition coefficient (Wildman–Crippen LogP) is 5.66. The molecule has 0 saturated carbocycles. The fourth-order valence-electron chi connectivity index (χ4n) is 2.35. The van der Waals surface area contributed by atoms with Crippen molar-refractivity contribution in [2.75, 3.05) is 5.73 Å². The van der Waals surface area contributed by atoms with Gasteiger partial charge in [0, 0.05) is 5.69 Å². The molecule has 0 aliphatic rings. The van der Waals surface area contributed by atoms with E-state index in [1.807, 2.05) is 6.08 Å². The number of nitrogens with two attached hydrogens (primary N) is 1. The minimum Gasteiger partial charge on any atom is -0.398 e. The summed E-state index contributed by atoms with van der Waals surface area (Å²) in [6.45, 7) is 14.5. The van der Waals surface area contributed by atoms with Gasteiger partial charge >= 0.3 is 0 Å². The summed E-state index contributed by atoms with van der Waals surface area (Å²) in [4.78, 5) is 0. The lowest BCUT2D eigenvalue weighted by Crippen LogP contribution is -2.04. The van der Waals surface area contributed by atoms with Crippen molar-refractivity contribution in [2.45, 2.75) is 46.5 Å². The quantitative estimate of drug-likeness (QED) is 0.541. The van der Waals surface area contributed by atoms with E-state index in [2.05, 4.69) is 65.5 Å². The third-order valence-corrected chi connectivity index (χ3v) is 3.54. The zero-order valence-corrected chi connectivity index (χ0v) is 13.4. The van der Waals surface area contributed by atoms with E-state index in [0.29, 0.717) is 11.8 Å². The van der Waals surface area contributed by atoms with Crippen LogP contribution in [0, 0.1) is 0 Å². The van der Waals surface area contributed by atoms with Crippen molar-refractivity contribution in [1.82, 2.24) is 0 Å². The van der Waals surface area contributed by atoms with E-state index >= 15 is 0 Å². The Morgan fingerprint density at radius 1 is 1.10 bits per heavy atom. The molecule has 0 heterocycles. The normalized spacial score (nSPS) is 12.7. The summed E-state index contributed by atoms with van der Waals surface area (Å²) in [6.07, 6.45) is 7.98. The molecule has 0 spiro atoms. The van der Waals surface area contributed by atoms with Crippen molar-refractivity contribution in [3.8, 4) is 0 Å². The molecule has 2 N–H and O–H groups in total. The monoisotopic (exact) mass is 269 g/mol. The lowest BCUT2D eigenvalue weighted by molar-refractivity contribution is 0.839. The van der Waals surface area contributed by atoms with E-state index in [0.717, 1.165) is 5.69 Å². The number of nitrogen functional groups attached to an aromatic ring is 1. The molecular formula is C19H27N. The third-order valence-electron chi connectivity index (χ3n) is 3.54. The highest BCUT2D eigenvalue weighted by atomic mass is 14.6. The molecule has 1 aromatic rings. The molecule has 0 saturated heterocycles. The molecule has 0 aliphatic carbocycles. The summed E-state index contributed by atoms with van der Waals surface area (Å²) in [5, 5.41) is 0. The molecule has 0 bridgehead atoms. The third kappa shape index (κ3) is 3.63. The van der Waals surface area contributed by atoms with Gasteiger partial charge in [-0.15, -0.1) is 0 Å². The minimum absolute atomic E-state index is 0.425. The summed E-state index contributed by atoms with van der Waals surface area (Å²) in [5.74, 6) is 0.850. The highest BCUT2D eigenvalue weighted by Gasteiger charge is 2.14. The van der Waals surface area contributed by atoms with E-state index in [4.69, 9.17) is 5.73 Å². The molecule has 108 valence electrons. The Bertz CT molecular complexity index is 502. The maximum absolute atomic E-state index is 6.34. The molecule has 0 unspecified atom stereocenters. The van der Waals surface area contributed by atoms with Crippen LogP contribution in [-0.4, -0.2) is 0 Å². The fourth-order valence-corrected chi connectivity index (χ4v) is 2.35. The summed E-state index contributed by atoms with van der Waals surface area (Å²) >= 11 is 0. The average Bonchev–Trinajstić information content (AvgIpc) is 2.40. The number of hydrogen-bond acceptors (Lipinski definition) is 1. The average molecular weight is 269 g/mol. The van der Waals surface area contributed by atoms with Gasteiger partial charge < -0.3 is 5.73 Å². The molecular weight excluding hydrogens is 242 g/mol. The molecule has 1 nitrogen and oxygen atoms in total. The van der Waals surface area contributed by atoms with Gasteiger partial charge in [0.25, 0.3) is 0 Å². The zero-order chi connectivity index (χ0) is 15.3. The van der Waals surface area contributed by atoms with E-state index in [1.54, 1.807) is 6.08 Å². The Morgan fingerprint density at radius 2 is 1.60 bits per heavy atom. The fraction of sp³-hybridized carbons (Fsp3) is 0.368. The number of allylic oxidation sites excluding steroid dienone is 5. The maximum Gasteiger partial charge on any atom is 0.0384 e. The van der Waals surface area contributed by atoms with Gasteiger partial charge in [-0.2, -0.15) is 0 Å². The first-order chi connectivity index (χ1) is 9.42. The Hall–Kier alpha value is -1.76. The van der Waals surface area contributed by atoms with Crippen LogP contribution in [0.25, 0.3) is 5.57 Å². The zero-order valence-electron chi connectivity index (χ0n) is 13.4. The Kier molecular flexibility index (Phi) is 5.82. The molecule has 20 heavy (non-hydrogen) atoms. The van der Waals surface area contributed by atoms with Gasteiger partial charge in [-0.1, -0.05) is 58.6 Å². The first-order valence-corrected chi connectivity index (χ1v) is 7.31. The smallest absolute Gasteiger partial charge is 0.0384 e. The highest BCUT2D eigenvalue weighted by Crippen LogP contribution is 2.33. The van der Waals surface area contributed by atoms with Gasteiger partial charge in [0.1, 0.15) is 0 Å². The SMILES string of the molecule is C=C/C=C\C(=C/C)c1cc(C(C)C)c(N)c(C(C)C)c1. The van der Waals surface area contributed by atoms with Crippen molar-refractivity contribution in [3.05, 3.63) is 59.7 Å². The summed E-state index contributed by atoms with van der Waals surface area (Å²) in [5.41, 5.74) is 12.2. The topological polar surface area (TPSA) is 26.0 Å². The maximum atomic E-state index is 6.34. The number of benzene rings is 1. The second-order valence-corrected chi connectivity index (χ2v) is 5.72. The first kappa shape index (κ1) is 16.3. The summed E-state index contributed by atoms with van der Waals surface area (Å²) < 4.78 is 0. The van der Waals surface area contributed by atoms with E-state index < -0.39 is 0 Å². The van der Waals surface area contributed by atoms with Crippen molar-refractivity contribution in [1.29, 1.82) is 0 Å². The Labute approximate surface area is 123 Å². The van der Waals surface area contributed by atoms with Gasteiger partial charge in [0.2, 0.25) is 0 Å². The molecule has 0 atom stereocenters. The standard InChI is InChI=1S/C19H27N/c1-7-9-10-15(8-2)16-11-17(13(3)4)19(20)18(12-16)14(5)6/h7-14H,1,20H2,2-6H3/b10-9-,15-8+. The lowest BCUT2D eigenvalue weighted by Gasteiger charge is -2.19. The van der Waals surface area contributed by atoms with Crippen LogP contribution in [0.3, 0.4) is 0 Å². The molecule has 0 aliphatic heterocycles. The van der Waals surface area contributed by atoms with Crippen LogP contribution in [0.15, 0.2) is 43.0 Å². The molecule has 0 aromatic heterocycles. The van der Waals surface area contributed by atoms with Crippen molar-refractivity contribution in [3.63, 3.8) is 0 Å². The van der Waals surface area contributed by atoms with Crippen LogP contribution >= 0.6 is 0 Å². The van der Waals surface area contributed by atoms with Crippen LogP contribution in [0.4, 0.5) is 5.69 Å². The highest BCUT2D eigenvalue weighted by molar-refractivity contribution is 5.77. The van der Waals surface area contributed by atoms with Crippen molar-refractivity contribution >= 4 is 11.3 Å². The van der Waals surface area contributed by atoms with Crippen molar-refractivity contribution < 1.29 is 0 Å². The Balaban J connectivity index is 3.48. The van der Waals surface area contributed by atoms with Gasteiger partial charge in [0.05, 0.1) is 0 Å². The lowest BCUT2D eigenvalue weighted by atomic mass is 9.88. The molecule has 1 heteroatoms.